The lowest BCUT2D eigenvalue weighted by molar-refractivity contribution is -0.134. The molecule has 0 spiro atoms. The average molecular weight is 412 g/mol. The number of hydrogen-bond acceptors (Lipinski definition) is 4. The average Bonchev–Trinajstić information content (AvgIpc) is 2.81. The van der Waals surface area contributed by atoms with E-state index < -0.39 is 12.1 Å². The van der Waals surface area contributed by atoms with Gasteiger partial charge in [0, 0.05) is 19.6 Å². The molecule has 2 N–H and O–H groups in total. The largest absolute Gasteiger partial charge is 0.493 e. The first-order valence-corrected chi connectivity index (χ1v) is 10.2. The van der Waals surface area contributed by atoms with Gasteiger partial charge in [0.2, 0.25) is 5.91 Å². The number of carbonyl (C=O) groups excluding carboxylic acids is 2. The van der Waals surface area contributed by atoms with Gasteiger partial charge in [0.25, 0.3) is 0 Å². The Hall–Kier alpha value is -3.22. The van der Waals surface area contributed by atoms with Crippen molar-refractivity contribution < 1.29 is 19.1 Å². The van der Waals surface area contributed by atoms with Gasteiger partial charge in [0.15, 0.2) is 11.5 Å². The lowest BCUT2D eigenvalue weighted by atomic mass is 10.0. The van der Waals surface area contributed by atoms with Gasteiger partial charge >= 0.3 is 6.03 Å². The summed E-state index contributed by atoms with van der Waals surface area (Å²) in [6, 6.07) is 13.7. The van der Waals surface area contributed by atoms with E-state index in [-0.39, 0.29) is 5.91 Å². The van der Waals surface area contributed by atoms with Crippen molar-refractivity contribution in [1.82, 2.24) is 15.5 Å². The molecule has 7 heteroatoms. The van der Waals surface area contributed by atoms with Crippen LogP contribution in [0.1, 0.15) is 36.4 Å². The van der Waals surface area contributed by atoms with Crippen molar-refractivity contribution in [3.63, 3.8) is 0 Å². The molecule has 1 saturated heterocycles. The predicted octanol–water partition coefficient (Wildman–Crippen LogP) is 3.26. The minimum absolute atomic E-state index is 0.0674. The summed E-state index contributed by atoms with van der Waals surface area (Å²) in [6.07, 6.45) is 3.14. The third-order valence-corrected chi connectivity index (χ3v) is 5.22. The van der Waals surface area contributed by atoms with E-state index in [1.165, 1.54) is 0 Å². The molecule has 30 heavy (non-hydrogen) atoms. The second kappa shape index (κ2) is 10.5. The van der Waals surface area contributed by atoms with Crippen LogP contribution in [-0.2, 0) is 11.3 Å². The highest BCUT2D eigenvalue weighted by Crippen LogP contribution is 2.27. The molecule has 1 aliphatic heterocycles. The SMILES string of the molecule is COc1ccc(CNC(=O)NC(C(=O)N2CCCCC2)c2ccccc2)cc1OC. The Bertz CT molecular complexity index is 851. The van der Waals surface area contributed by atoms with Crippen molar-refractivity contribution in [2.75, 3.05) is 27.3 Å². The van der Waals surface area contributed by atoms with Gasteiger partial charge in [-0.3, -0.25) is 4.79 Å². The molecule has 1 atom stereocenters. The highest BCUT2D eigenvalue weighted by atomic mass is 16.5. The third-order valence-electron chi connectivity index (χ3n) is 5.22. The van der Waals surface area contributed by atoms with Gasteiger partial charge in [-0.25, -0.2) is 4.79 Å². The van der Waals surface area contributed by atoms with Gasteiger partial charge < -0.3 is 25.0 Å². The second-order valence-electron chi connectivity index (χ2n) is 7.25. The lowest BCUT2D eigenvalue weighted by Crippen LogP contribution is -2.47. The summed E-state index contributed by atoms with van der Waals surface area (Å²) in [6.45, 7) is 1.76. The molecule has 1 aliphatic rings. The highest BCUT2D eigenvalue weighted by Gasteiger charge is 2.28. The summed E-state index contributed by atoms with van der Waals surface area (Å²) in [5.74, 6) is 1.16. The number of hydrogen-bond donors (Lipinski definition) is 2. The van der Waals surface area contributed by atoms with Crippen molar-refractivity contribution >= 4 is 11.9 Å². The van der Waals surface area contributed by atoms with E-state index >= 15 is 0 Å². The molecule has 2 aromatic rings. The Morgan fingerprint density at radius 3 is 2.33 bits per heavy atom. The smallest absolute Gasteiger partial charge is 0.315 e. The normalized spacial score (nSPS) is 14.5. The van der Waals surface area contributed by atoms with Gasteiger partial charge in [-0.15, -0.1) is 0 Å². The van der Waals surface area contributed by atoms with E-state index in [4.69, 9.17) is 9.47 Å². The maximum absolute atomic E-state index is 13.1. The van der Waals surface area contributed by atoms with Gasteiger partial charge in [-0.1, -0.05) is 36.4 Å². The first-order valence-electron chi connectivity index (χ1n) is 10.2. The summed E-state index contributed by atoms with van der Waals surface area (Å²) in [4.78, 5) is 27.6. The number of carbonyl (C=O) groups is 2. The molecule has 1 fully saturated rings. The monoisotopic (exact) mass is 411 g/mol. The highest BCUT2D eigenvalue weighted by molar-refractivity contribution is 5.88. The zero-order valence-corrected chi connectivity index (χ0v) is 17.5. The Balaban J connectivity index is 1.66. The van der Waals surface area contributed by atoms with E-state index in [2.05, 4.69) is 10.6 Å². The number of ether oxygens (including phenoxy) is 2. The number of amides is 3. The molecule has 0 bridgehead atoms. The fraction of sp³-hybridized carbons (Fsp3) is 0.391. The molecule has 3 rings (SSSR count). The van der Waals surface area contributed by atoms with E-state index in [9.17, 15) is 9.59 Å². The van der Waals surface area contributed by atoms with Gasteiger partial charge in [-0.05, 0) is 42.5 Å². The van der Waals surface area contributed by atoms with Gasteiger partial charge in [0.05, 0.1) is 14.2 Å². The molecular weight excluding hydrogens is 382 g/mol. The van der Waals surface area contributed by atoms with Crippen LogP contribution in [0.5, 0.6) is 11.5 Å². The van der Waals surface area contributed by atoms with Crippen LogP contribution in [0, 0.1) is 0 Å². The third kappa shape index (κ3) is 5.43. The lowest BCUT2D eigenvalue weighted by Gasteiger charge is -2.31. The molecule has 1 unspecified atom stereocenters. The fourth-order valence-corrected chi connectivity index (χ4v) is 3.59. The van der Waals surface area contributed by atoms with E-state index in [0.717, 1.165) is 43.5 Å². The van der Waals surface area contributed by atoms with Crippen molar-refractivity contribution in [1.29, 1.82) is 0 Å². The summed E-state index contributed by atoms with van der Waals surface area (Å²) >= 11 is 0. The summed E-state index contributed by atoms with van der Waals surface area (Å²) in [7, 11) is 3.14. The van der Waals surface area contributed by atoms with E-state index in [1.807, 2.05) is 47.4 Å². The zero-order chi connectivity index (χ0) is 21.3. The predicted molar refractivity (Wildman–Crippen MR) is 115 cm³/mol. The van der Waals surface area contributed by atoms with Crippen molar-refractivity contribution in [2.45, 2.75) is 31.8 Å². The van der Waals surface area contributed by atoms with Crippen LogP contribution in [-0.4, -0.2) is 44.1 Å². The first kappa shape index (κ1) is 21.5. The molecule has 0 radical (unpaired) electrons. The second-order valence-corrected chi connectivity index (χ2v) is 7.25. The standard InChI is InChI=1S/C23H29N3O4/c1-29-19-12-11-17(15-20(19)30-2)16-24-23(28)25-21(18-9-5-3-6-10-18)22(27)26-13-7-4-8-14-26/h3,5-6,9-12,15,21H,4,7-8,13-14,16H2,1-2H3,(H2,24,25,28). The molecule has 1 heterocycles. The van der Waals surface area contributed by atoms with Crippen LogP contribution in [0.4, 0.5) is 4.79 Å². The summed E-state index contributed by atoms with van der Waals surface area (Å²) in [5, 5.41) is 5.68. The van der Waals surface area contributed by atoms with Crippen LogP contribution >= 0.6 is 0 Å². The van der Waals surface area contributed by atoms with E-state index in [1.54, 1.807) is 20.3 Å². The molecule has 0 aromatic heterocycles. The molecule has 2 aromatic carbocycles. The van der Waals surface area contributed by atoms with Crippen LogP contribution in [0.2, 0.25) is 0 Å². The number of nitrogens with one attached hydrogen (secondary N) is 2. The van der Waals surface area contributed by atoms with Crippen LogP contribution < -0.4 is 20.1 Å². The van der Waals surface area contributed by atoms with Crippen LogP contribution in [0.3, 0.4) is 0 Å². The van der Waals surface area contributed by atoms with Crippen LogP contribution in [0.15, 0.2) is 48.5 Å². The maximum Gasteiger partial charge on any atom is 0.315 e. The zero-order valence-electron chi connectivity index (χ0n) is 17.5. The van der Waals surface area contributed by atoms with E-state index in [0.29, 0.717) is 18.0 Å². The van der Waals surface area contributed by atoms with Crippen molar-refractivity contribution in [3.8, 4) is 11.5 Å². The summed E-state index contributed by atoms with van der Waals surface area (Å²) < 4.78 is 10.5. The number of methoxy groups -OCH3 is 2. The Kier molecular flexibility index (Phi) is 7.54. The summed E-state index contributed by atoms with van der Waals surface area (Å²) in [5.41, 5.74) is 1.63. The van der Waals surface area contributed by atoms with Gasteiger partial charge in [0.1, 0.15) is 6.04 Å². The van der Waals surface area contributed by atoms with Crippen molar-refractivity contribution in [3.05, 3.63) is 59.7 Å². The number of nitrogens with zero attached hydrogens (tertiary/aromatic N) is 1. The Morgan fingerprint density at radius 1 is 0.967 bits per heavy atom. The minimum atomic E-state index is -0.713. The molecule has 0 saturated carbocycles. The quantitative estimate of drug-likeness (QED) is 0.733. The Labute approximate surface area is 177 Å². The van der Waals surface area contributed by atoms with Crippen LogP contribution in [0.25, 0.3) is 0 Å². The number of urea groups is 1. The minimum Gasteiger partial charge on any atom is -0.493 e. The molecular formula is C23H29N3O4. The fourth-order valence-electron chi connectivity index (χ4n) is 3.59. The molecule has 160 valence electrons. The molecule has 7 nitrogen and oxygen atoms in total. The molecule has 0 aliphatic carbocycles. The Morgan fingerprint density at radius 2 is 1.67 bits per heavy atom. The number of piperidine rings is 1. The maximum atomic E-state index is 13.1. The first-order chi connectivity index (χ1) is 14.6. The molecule has 3 amide bonds. The number of rotatable bonds is 7. The number of likely N-dealkylation sites (tertiary alicyclic amines) is 1. The van der Waals surface area contributed by atoms with Crippen molar-refractivity contribution in [2.24, 2.45) is 0 Å². The number of benzene rings is 2. The van der Waals surface area contributed by atoms with Gasteiger partial charge in [-0.2, -0.15) is 0 Å². The topological polar surface area (TPSA) is 79.9 Å².